The summed E-state index contributed by atoms with van der Waals surface area (Å²) in [5.41, 5.74) is 0.580. The van der Waals surface area contributed by atoms with E-state index in [4.69, 9.17) is 9.47 Å². The highest BCUT2D eigenvalue weighted by Gasteiger charge is 2.51. The highest BCUT2D eigenvalue weighted by atomic mass is 16.6. The van der Waals surface area contributed by atoms with Crippen LogP contribution in [0.1, 0.15) is 33.6 Å². The van der Waals surface area contributed by atoms with Gasteiger partial charge in [-0.05, 0) is 45.4 Å². The van der Waals surface area contributed by atoms with Crippen LogP contribution < -0.4 is 0 Å². The molecule has 3 atom stereocenters. The predicted molar refractivity (Wildman–Crippen MR) is 74.1 cm³/mol. The monoisotopic (exact) mass is 281 g/mol. The van der Waals surface area contributed by atoms with E-state index in [9.17, 15) is 9.59 Å². The molecule has 0 bridgehead atoms. The van der Waals surface area contributed by atoms with E-state index in [0.717, 1.165) is 18.4 Å². The third kappa shape index (κ3) is 2.81. The van der Waals surface area contributed by atoms with Crippen LogP contribution in [0.25, 0.3) is 0 Å². The SMILES string of the molecule is C=C1C[C@H]2CN(C(=O)OC(C)(C)C)C(C(=O)OC)[C@H]2C1. The standard InChI is InChI=1S/C15H23NO4/c1-9-6-10-8-16(14(18)20-15(2,3)4)12(11(10)7-9)13(17)19-5/h10-12H,1,6-8H2,2-5H3/t10-,11-,12?/m0/s1. The number of hydrogen-bond acceptors (Lipinski definition) is 4. The molecule has 0 N–H and O–H groups in total. The zero-order valence-electron chi connectivity index (χ0n) is 12.6. The maximum absolute atomic E-state index is 12.3. The number of fused-ring (bicyclic) bond motifs is 1. The Bertz CT molecular complexity index is 438. The van der Waals surface area contributed by atoms with E-state index < -0.39 is 17.7 Å². The van der Waals surface area contributed by atoms with Crippen LogP contribution in [0.5, 0.6) is 0 Å². The Morgan fingerprint density at radius 2 is 1.95 bits per heavy atom. The van der Waals surface area contributed by atoms with Gasteiger partial charge in [0, 0.05) is 6.54 Å². The fourth-order valence-electron chi connectivity index (χ4n) is 3.20. The summed E-state index contributed by atoms with van der Waals surface area (Å²) in [5.74, 6) is 0.0413. The van der Waals surface area contributed by atoms with E-state index in [2.05, 4.69) is 6.58 Å². The van der Waals surface area contributed by atoms with Gasteiger partial charge in [0.2, 0.25) is 0 Å². The topological polar surface area (TPSA) is 55.8 Å². The number of carbonyl (C=O) groups excluding carboxylic acids is 2. The molecule has 1 saturated heterocycles. The Balaban J connectivity index is 2.18. The van der Waals surface area contributed by atoms with Crippen molar-refractivity contribution in [3.63, 3.8) is 0 Å². The fraction of sp³-hybridized carbons (Fsp3) is 0.733. The van der Waals surface area contributed by atoms with Gasteiger partial charge in [-0.15, -0.1) is 0 Å². The van der Waals surface area contributed by atoms with Crippen LogP contribution in [-0.4, -0.2) is 42.3 Å². The summed E-state index contributed by atoms with van der Waals surface area (Å²) in [7, 11) is 1.35. The van der Waals surface area contributed by atoms with Crippen molar-refractivity contribution in [2.45, 2.75) is 45.3 Å². The second kappa shape index (κ2) is 5.11. The number of amides is 1. The van der Waals surface area contributed by atoms with E-state index in [0.29, 0.717) is 12.5 Å². The maximum Gasteiger partial charge on any atom is 0.411 e. The maximum atomic E-state index is 12.3. The van der Waals surface area contributed by atoms with Crippen LogP contribution in [0, 0.1) is 11.8 Å². The molecule has 2 fully saturated rings. The predicted octanol–water partition coefficient (Wildman–Crippen LogP) is 2.36. The van der Waals surface area contributed by atoms with E-state index in [-0.39, 0.29) is 11.9 Å². The highest BCUT2D eigenvalue weighted by molar-refractivity contribution is 5.83. The number of ether oxygens (including phenoxy) is 2. The molecule has 0 aromatic rings. The Morgan fingerprint density at radius 3 is 2.50 bits per heavy atom. The molecule has 1 amide bonds. The minimum atomic E-state index is -0.570. The number of methoxy groups -OCH3 is 1. The summed E-state index contributed by atoms with van der Waals surface area (Å²) >= 11 is 0. The normalized spacial score (nSPS) is 29.3. The van der Waals surface area contributed by atoms with Gasteiger partial charge in [0.25, 0.3) is 0 Å². The van der Waals surface area contributed by atoms with Gasteiger partial charge < -0.3 is 9.47 Å². The van der Waals surface area contributed by atoms with Crippen molar-refractivity contribution in [3.8, 4) is 0 Å². The second-order valence-electron chi connectivity index (χ2n) is 6.68. The first kappa shape index (κ1) is 14.9. The average Bonchev–Trinajstić information content (AvgIpc) is 2.81. The Kier molecular flexibility index (Phi) is 3.80. The lowest BCUT2D eigenvalue weighted by Gasteiger charge is -2.29. The molecule has 20 heavy (non-hydrogen) atoms. The highest BCUT2D eigenvalue weighted by Crippen LogP contribution is 2.45. The Hall–Kier alpha value is -1.52. The lowest BCUT2D eigenvalue weighted by atomic mass is 9.94. The molecule has 5 heteroatoms. The largest absolute Gasteiger partial charge is 0.467 e. The molecule has 1 heterocycles. The molecule has 1 saturated carbocycles. The summed E-state index contributed by atoms with van der Waals surface area (Å²) in [4.78, 5) is 25.8. The number of likely N-dealkylation sites (tertiary alicyclic amines) is 1. The van der Waals surface area contributed by atoms with E-state index in [1.807, 2.05) is 20.8 Å². The van der Waals surface area contributed by atoms with Crippen molar-refractivity contribution in [2.24, 2.45) is 11.8 Å². The molecule has 5 nitrogen and oxygen atoms in total. The van der Waals surface area contributed by atoms with Crippen molar-refractivity contribution in [2.75, 3.05) is 13.7 Å². The van der Waals surface area contributed by atoms with Crippen LogP contribution in [0.4, 0.5) is 4.79 Å². The minimum Gasteiger partial charge on any atom is -0.467 e. The minimum absolute atomic E-state index is 0.113. The fourth-order valence-corrected chi connectivity index (χ4v) is 3.20. The smallest absolute Gasteiger partial charge is 0.411 e. The first-order valence-corrected chi connectivity index (χ1v) is 6.97. The van der Waals surface area contributed by atoms with Crippen LogP contribution in [0.15, 0.2) is 12.2 Å². The zero-order valence-corrected chi connectivity index (χ0v) is 12.6. The molecular weight excluding hydrogens is 258 g/mol. The zero-order chi connectivity index (χ0) is 15.1. The summed E-state index contributed by atoms with van der Waals surface area (Å²) < 4.78 is 10.3. The molecule has 2 rings (SSSR count). The van der Waals surface area contributed by atoms with Crippen molar-refractivity contribution in [3.05, 3.63) is 12.2 Å². The van der Waals surface area contributed by atoms with Crippen LogP contribution in [0.2, 0.25) is 0 Å². The molecule has 112 valence electrons. The summed E-state index contributed by atoms with van der Waals surface area (Å²) in [6.45, 7) is 9.99. The number of carbonyl (C=O) groups is 2. The molecule has 1 aliphatic carbocycles. The third-order valence-corrected chi connectivity index (χ3v) is 3.92. The Morgan fingerprint density at radius 1 is 1.30 bits per heavy atom. The third-order valence-electron chi connectivity index (χ3n) is 3.92. The van der Waals surface area contributed by atoms with Gasteiger partial charge in [0.05, 0.1) is 7.11 Å². The van der Waals surface area contributed by atoms with Gasteiger partial charge >= 0.3 is 12.1 Å². The average molecular weight is 281 g/mol. The van der Waals surface area contributed by atoms with Crippen molar-refractivity contribution in [1.82, 2.24) is 4.90 Å². The molecular formula is C15H23NO4. The quantitative estimate of drug-likeness (QED) is 0.547. The molecule has 1 unspecified atom stereocenters. The van der Waals surface area contributed by atoms with Crippen molar-refractivity contribution >= 4 is 12.1 Å². The van der Waals surface area contributed by atoms with Crippen LogP contribution in [-0.2, 0) is 14.3 Å². The van der Waals surface area contributed by atoms with E-state index in [1.165, 1.54) is 12.0 Å². The molecule has 0 aromatic heterocycles. The van der Waals surface area contributed by atoms with E-state index >= 15 is 0 Å². The number of rotatable bonds is 1. The van der Waals surface area contributed by atoms with Gasteiger partial charge in [-0.25, -0.2) is 9.59 Å². The number of allylic oxidation sites excluding steroid dienone is 1. The number of hydrogen-bond donors (Lipinski definition) is 0. The summed E-state index contributed by atoms with van der Waals surface area (Å²) in [6.07, 6.45) is 1.22. The van der Waals surface area contributed by atoms with Crippen molar-refractivity contribution in [1.29, 1.82) is 0 Å². The summed E-state index contributed by atoms with van der Waals surface area (Å²) in [5, 5.41) is 0. The van der Waals surface area contributed by atoms with Gasteiger partial charge in [0.1, 0.15) is 11.6 Å². The molecule has 0 spiro atoms. The molecule has 2 aliphatic rings. The summed E-state index contributed by atoms with van der Waals surface area (Å²) in [6, 6.07) is -0.543. The molecule has 1 aliphatic heterocycles. The first-order chi connectivity index (χ1) is 9.23. The first-order valence-electron chi connectivity index (χ1n) is 6.97. The van der Waals surface area contributed by atoms with Gasteiger partial charge in [-0.2, -0.15) is 0 Å². The van der Waals surface area contributed by atoms with Crippen LogP contribution >= 0.6 is 0 Å². The van der Waals surface area contributed by atoms with Gasteiger partial charge in [-0.1, -0.05) is 12.2 Å². The van der Waals surface area contributed by atoms with E-state index in [1.54, 1.807) is 0 Å². The van der Waals surface area contributed by atoms with Crippen molar-refractivity contribution < 1.29 is 19.1 Å². The van der Waals surface area contributed by atoms with Gasteiger partial charge in [-0.3, -0.25) is 4.90 Å². The molecule has 0 aromatic carbocycles. The van der Waals surface area contributed by atoms with Gasteiger partial charge in [0.15, 0.2) is 0 Å². The lowest BCUT2D eigenvalue weighted by Crippen LogP contribution is -2.46. The van der Waals surface area contributed by atoms with Crippen LogP contribution in [0.3, 0.4) is 0 Å². The Labute approximate surface area is 119 Å². The lowest BCUT2D eigenvalue weighted by molar-refractivity contribution is -0.147. The number of esters is 1. The second-order valence-corrected chi connectivity index (χ2v) is 6.68. The number of nitrogens with zero attached hydrogens (tertiary/aromatic N) is 1. The molecule has 0 radical (unpaired) electrons.